The van der Waals surface area contributed by atoms with Gasteiger partial charge >= 0.3 is 0 Å². The van der Waals surface area contributed by atoms with Crippen molar-refractivity contribution in [2.45, 2.75) is 37.4 Å². The van der Waals surface area contributed by atoms with Crippen LogP contribution in [0.25, 0.3) is 0 Å². The number of halogens is 1. The average Bonchev–Trinajstić information content (AvgIpc) is 2.95. The number of fused-ring (bicyclic) bond motifs is 1. The maximum absolute atomic E-state index is 14.2. The molecule has 0 aromatic heterocycles. The summed E-state index contributed by atoms with van der Waals surface area (Å²) in [6, 6.07) is 26.0. The maximum Gasteiger partial charge on any atom is 0.243 e. The summed E-state index contributed by atoms with van der Waals surface area (Å²) in [5.41, 5.74) is 4.70. The second-order valence-electron chi connectivity index (χ2n) is 9.49. The molecule has 4 aromatic carbocycles. The highest BCUT2D eigenvalue weighted by atomic mass is 79.9. The van der Waals surface area contributed by atoms with Gasteiger partial charge in [-0.05, 0) is 76.3 Å². The van der Waals surface area contributed by atoms with E-state index in [0.29, 0.717) is 30.3 Å². The lowest BCUT2D eigenvalue weighted by Crippen LogP contribution is -2.39. The van der Waals surface area contributed by atoms with E-state index in [0.717, 1.165) is 32.3 Å². The van der Waals surface area contributed by atoms with E-state index in [-0.39, 0.29) is 11.4 Å². The van der Waals surface area contributed by atoms with Crippen LogP contribution in [0, 0.1) is 6.92 Å². The molecular weight excluding hydrogens is 578 g/mol. The fourth-order valence-corrected chi connectivity index (χ4v) is 7.05. The van der Waals surface area contributed by atoms with Gasteiger partial charge in [0.1, 0.15) is 12.4 Å². The van der Waals surface area contributed by atoms with Gasteiger partial charge in [-0.15, -0.1) is 0 Å². The molecule has 0 saturated carbocycles. The number of ether oxygens (including phenoxy) is 3. The van der Waals surface area contributed by atoms with Crippen LogP contribution < -0.4 is 14.2 Å². The fraction of sp³-hybridized carbons (Fsp3) is 0.226. The van der Waals surface area contributed by atoms with Gasteiger partial charge in [-0.3, -0.25) is 0 Å². The third-order valence-electron chi connectivity index (χ3n) is 7.03. The molecule has 1 unspecified atom stereocenters. The Hall–Kier alpha value is -3.33. The Bertz CT molecular complexity index is 1570. The van der Waals surface area contributed by atoms with E-state index in [1.165, 1.54) is 0 Å². The van der Waals surface area contributed by atoms with Gasteiger partial charge in [0.25, 0.3) is 0 Å². The number of hydrogen-bond acceptors (Lipinski definition) is 5. The Balaban J connectivity index is 1.61. The topological polar surface area (TPSA) is 65.1 Å². The number of hydrogen-bond donors (Lipinski definition) is 0. The molecule has 1 atom stereocenters. The third-order valence-corrected chi connectivity index (χ3v) is 9.52. The summed E-state index contributed by atoms with van der Waals surface area (Å²) in [6.07, 6.45) is 0.477. The Morgan fingerprint density at radius 1 is 0.897 bits per heavy atom. The quantitative estimate of drug-likeness (QED) is 0.219. The van der Waals surface area contributed by atoms with E-state index in [9.17, 15) is 8.42 Å². The number of aryl methyl sites for hydroxylation is 1. The van der Waals surface area contributed by atoms with Gasteiger partial charge in [-0.25, -0.2) is 8.42 Å². The van der Waals surface area contributed by atoms with Gasteiger partial charge in [-0.1, -0.05) is 60.2 Å². The first-order valence-electron chi connectivity index (χ1n) is 12.6. The molecule has 0 amide bonds. The number of rotatable bonds is 8. The Labute approximate surface area is 238 Å². The summed E-state index contributed by atoms with van der Waals surface area (Å²) in [7, 11) is -0.658. The third kappa shape index (κ3) is 5.55. The first-order chi connectivity index (χ1) is 18.8. The molecule has 0 spiro atoms. The zero-order valence-corrected chi connectivity index (χ0v) is 24.5. The van der Waals surface area contributed by atoms with E-state index in [4.69, 9.17) is 14.2 Å². The predicted molar refractivity (Wildman–Crippen MR) is 155 cm³/mol. The molecular formula is C31H30BrNO5S. The Morgan fingerprint density at radius 2 is 1.59 bits per heavy atom. The Kier molecular flexibility index (Phi) is 7.98. The largest absolute Gasteiger partial charge is 0.496 e. The number of benzene rings is 4. The van der Waals surface area contributed by atoms with Crippen LogP contribution >= 0.6 is 15.9 Å². The van der Waals surface area contributed by atoms with Crippen LogP contribution in [0.15, 0.2) is 94.3 Å². The highest BCUT2D eigenvalue weighted by Gasteiger charge is 2.38. The molecule has 0 N–H and O–H groups in total. The van der Waals surface area contributed by atoms with E-state index < -0.39 is 16.1 Å². The van der Waals surface area contributed by atoms with Crippen LogP contribution in [0.3, 0.4) is 0 Å². The zero-order chi connectivity index (χ0) is 27.6. The van der Waals surface area contributed by atoms with Crippen molar-refractivity contribution in [1.29, 1.82) is 0 Å². The second kappa shape index (κ2) is 11.4. The molecule has 8 heteroatoms. The van der Waals surface area contributed by atoms with Crippen molar-refractivity contribution in [1.82, 2.24) is 4.31 Å². The minimum absolute atomic E-state index is 0.140. The molecule has 0 fully saturated rings. The van der Waals surface area contributed by atoms with Gasteiger partial charge in [-0.2, -0.15) is 4.31 Å². The molecule has 1 heterocycles. The fourth-order valence-electron chi connectivity index (χ4n) is 4.91. The van der Waals surface area contributed by atoms with Gasteiger partial charge in [0, 0.05) is 12.1 Å². The van der Waals surface area contributed by atoms with Crippen molar-refractivity contribution in [3.8, 4) is 17.2 Å². The molecule has 1 aliphatic heterocycles. The minimum atomic E-state index is -3.86. The average molecular weight is 609 g/mol. The van der Waals surface area contributed by atoms with Gasteiger partial charge in [0.15, 0.2) is 11.5 Å². The predicted octanol–water partition coefficient (Wildman–Crippen LogP) is 6.84. The monoisotopic (exact) mass is 607 g/mol. The number of methoxy groups -OCH3 is 2. The molecule has 0 bridgehead atoms. The van der Waals surface area contributed by atoms with Crippen molar-refractivity contribution < 1.29 is 22.6 Å². The summed E-state index contributed by atoms with van der Waals surface area (Å²) >= 11 is 3.57. The first-order valence-corrected chi connectivity index (χ1v) is 14.8. The second-order valence-corrected chi connectivity index (χ2v) is 12.2. The molecule has 202 valence electrons. The molecule has 1 aliphatic rings. The lowest BCUT2D eigenvalue weighted by molar-refractivity contribution is 0.258. The molecule has 0 aliphatic carbocycles. The van der Waals surface area contributed by atoms with Gasteiger partial charge < -0.3 is 14.2 Å². The summed E-state index contributed by atoms with van der Waals surface area (Å²) in [5.74, 6) is 1.82. The highest BCUT2D eigenvalue weighted by molar-refractivity contribution is 9.10. The lowest BCUT2D eigenvalue weighted by Gasteiger charge is -2.37. The lowest BCUT2D eigenvalue weighted by atomic mass is 9.91. The standard InChI is InChI=1S/C31H30BrNO5S/c1-21-9-13-25(14-10-21)39(34,35)33-19-26-23(18-28(33)24-12-15-29(36-2)27(32)17-24)11-16-30(37-3)31(26)38-20-22-7-5-4-6-8-22/h4-17,28H,18-20H2,1-3H3. The highest BCUT2D eigenvalue weighted by Crippen LogP contribution is 2.45. The summed E-state index contributed by atoms with van der Waals surface area (Å²) in [4.78, 5) is 0.253. The first kappa shape index (κ1) is 27.2. The number of sulfonamides is 1. The summed E-state index contributed by atoms with van der Waals surface area (Å²) < 4.78 is 48.1. The van der Waals surface area contributed by atoms with Crippen molar-refractivity contribution >= 4 is 26.0 Å². The van der Waals surface area contributed by atoms with Gasteiger partial charge in [0.2, 0.25) is 10.0 Å². The molecule has 39 heavy (non-hydrogen) atoms. The zero-order valence-electron chi connectivity index (χ0n) is 22.1. The molecule has 0 saturated heterocycles. The molecule has 0 radical (unpaired) electrons. The van der Waals surface area contributed by atoms with E-state index in [2.05, 4.69) is 15.9 Å². The van der Waals surface area contributed by atoms with Crippen LogP contribution in [-0.2, 0) is 29.6 Å². The van der Waals surface area contributed by atoms with Crippen LogP contribution in [0.5, 0.6) is 17.2 Å². The van der Waals surface area contributed by atoms with Gasteiger partial charge in [0.05, 0.1) is 29.6 Å². The number of nitrogens with zero attached hydrogens (tertiary/aromatic N) is 1. The van der Waals surface area contributed by atoms with Crippen molar-refractivity contribution in [2.24, 2.45) is 0 Å². The Morgan fingerprint density at radius 3 is 2.26 bits per heavy atom. The van der Waals surface area contributed by atoms with Crippen molar-refractivity contribution in [3.05, 3.63) is 117 Å². The normalized spacial score (nSPS) is 15.4. The summed E-state index contributed by atoms with van der Waals surface area (Å²) in [6.45, 7) is 2.42. The maximum atomic E-state index is 14.2. The van der Waals surface area contributed by atoms with Crippen molar-refractivity contribution in [2.75, 3.05) is 14.2 Å². The molecule has 5 rings (SSSR count). The van der Waals surface area contributed by atoms with Crippen molar-refractivity contribution in [3.63, 3.8) is 0 Å². The van der Waals surface area contributed by atoms with Crippen LogP contribution in [0.1, 0.15) is 33.9 Å². The molecule has 4 aromatic rings. The SMILES string of the molecule is COc1ccc(C2Cc3ccc(OC)c(OCc4ccccc4)c3CN2S(=O)(=O)c2ccc(C)cc2)cc1Br. The summed E-state index contributed by atoms with van der Waals surface area (Å²) in [5, 5.41) is 0. The van der Waals surface area contributed by atoms with Crippen LogP contribution in [0.4, 0.5) is 0 Å². The van der Waals surface area contributed by atoms with E-state index in [1.807, 2.05) is 79.7 Å². The smallest absolute Gasteiger partial charge is 0.243 e. The van der Waals surface area contributed by atoms with E-state index in [1.54, 1.807) is 30.7 Å². The molecule has 6 nitrogen and oxygen atoms in total. The van der Waals surface area contributed by atoms with Crippen LogP contribution in [0.2, 0.25) is 0 Å². The van der Waals surface area contributed by atoms with E-state index >= 15 is 0 Å². The van der Waals surface area contributed by atoms with Crippen LogP contribution in [-0.4, -0.2) is 26.9 Å². The minimum Gasteiger partial charge on any atom is -0.496 e.